The van der Waals surface area contributed by atoms with Gasteiger partial charge in [0.1, 0.15) is 36.6 Å². The molecular weight excluding hydrogens is 594 g/mol. The van der Waals surface area contributed by atoms with E-state index in [0.29, 0.717) is 0 Å². The summed E-state index contributed by atoms with van der Waals surface area (Å²) in [5.41, 5.74) is -3.76. The molecule has 2 aliphatic rings. The number of anilines is 1. The van der Waals surface area contributed by atoms with Crippen LogP contribution in [0.25, 0.3) is 11.2 Å². The van der Waals surface area contributed by atoms with Gasteiger partial charge in [-0.05, 0) is 24.3 Å². The highest BCUT2D eigenvalue weighted by Crippen LogP contribution is 2.40. The average Bonchev–Trinajstić information content (AvgIpc) is 3.56. The van der Waals surface area contributed by atoms with Gasteiger partial charge < -0.3 is 40.1 Å². The predicted molar refractivity (Wildman–Crippen MR) is 151 cm³/mol. The molecule has 2 fully saturated rings. The van der Waals surface area contributed by atoms with Crippen molar-refractivity contribution in [3.05, 3.63) is 88.5 Å². The number of fused-ring (bicyclic) bond motifs is 1. The van der Waals surface area contributed by atoms with Crippen LogP contribution in [-0.2, 0) is 15.2 Å². The lowest BCUT2D eigenvalue weighted by Gasteiger charge is -2.44. The van der Waals surface area contributed by atoms with Gasteiger partial charge >= 0.3 is 11.6 Å². The van der Waals surface area contributed by atoms with Crippen LogP contribution < -0.4 is 15.4 Å². The molecule has 2 saturated heterocycles. The first kappa shape index (κ1) is 30.6. The molecule has 6 rings (SSSR count). The third-order valence-corrected chi connectivity index (χ3v) is 8.02. The molecule has 0 spiro atoms. The maximum absolute atomic E-state index is 13.7. The first-order chi connectivity index (χ1) is 21.6. The minimum Gasteiger partial charge on any atom is -0.394 e. The molecule has 0 radical (unpaired) electrons. The summed E-state index contributed by atoms with van der Waals surface area (Å²) >= 11 is 0. The molecule has 0 bridgehead atoms. The molecule has 0 aliphatic carbocycles. The van der Waals surface area contributed by atoms with E-state index in [1.165, 1.54) is 24.3 Å². The topological polar surface area (TPSA) is 241 Å². The zero-order valence-electron chi connectivity index (χ0n) is 23.4. The number of aromatic amines is 1. The zero-order valence-corrected chi connectivity index (χ0v) is 23.4. The number of aliphatic hydroxyl groups is 6. The maximum atomic E-state index is 13.7. The van der Waals surface area contributed by atoms with E-state index in [-0.39, 0.29) is 28.2 Å². The minimum atomic E-state index is -2.46. The minimum absolute atomic E-state index is 0.144. The van der Waals surface area contributed by atoms with Crippen LogP contribution in [0.2, 0.25) is 0 Å². The van der Waals surface area contributed by atoms with E-state index >= 15 is 0 Å². The Hall–Kier alpha value is -4.39. The third-order valence-electron chi connectivity index (χ3n) is 8.02. The van der Waals surface area contributed by atoms with Gasteiger partial charge in [0.05, 0.1) is 18.8 Å². The Balaban J connectivity index is 1.60. The van der Waals surface area contributed by atoms with Crippen molar-refractivity contribution < 1.29 is 54.3 Å². The van der Waals surface area contributed by atoms with Crippen molar-refractivity contribution >= 4 is 28.9 Å². The molecule has 45 heavy (non-hydrogen) atoms. The summed E-state index contributed by atoms with van der Waals surface area (Å²) in [5.74, 6) is -1.74. The summed E-state index contributed by atoms with van der Waals surface area (Å²) in [6, 6.07) is 15.9. The second kappa shape index (κ2) is 11.8. The fraction of sp³-hybridized carbons (Fsp3) is 0.345. The van der Waals surface area contributed by atoms with Crippen LogP contribution in [0.3, 0.4) is 0 Å². The van der Waals surface area contributed by atoms with Gasteiger partial charge in [0.15, 0.2) is 6.10 Å². The molecular formula is C29H30N5O11+. The highest BCUT2D eigenvalue weighted by atomic mass is 16.6. The normalized spacial score (nSPS) is 30.0. The molecule has 8 atom stereocenters. The van der Waals surface area contributed by atoms with Gasteiger partial charge in [-0.15, -0.1) is 0 Å². The Bertz CT molecular complexity index is 1780. The van der Waals surface area contributed by atoms with Crippen molar-refractivity contribution in [1.82, 2.24) is 14.5 Å². The Labute approximate surface area is 253 Å². The van der Waals surface area contributed by atoms with Crippen molar-refractivity contribution in [2.45, 2.75) is 48.5 Å². The van der Waals surface area contributed by atoms with E-state index in [4.69, 9.17) is 9.47 Å². The number of aromatic nitrogens is 4. The Morgan fingerprint density at radius 2 is 1.62 bits per heavy atom. The van der Waals surface area contributed by atoms with Crippen LogP contribution >= 0.6 is 0 Å². The molecule has 4 heterocycles. The summed E-state index contributed by atoms with van der Waals surface area (Å²) in [4.78, 5) is 47.1. The standard InChI is InChI=1S/C29H29N5O11/c35-11-17-20(38)22(40)29(45-17,23-21(39)19(37)16(36)12-44-23)34-13-33(27(43)15-9-5-2-6-10-15)18-24(34)30-28(32-26(18)42)31-25(41)14-7-3-1-4-8-14/h1-10,13,16-17,19-23,35-40H,11-12H2,(H-,30,31,32,41,42)/p+1/t16-,17-,19-,20-,21-,22-,23-,29+/m1/s1. The highest BCUT2D eigenvalue weighted by molar-refractivity contribution is 6.04. The van der Waals surface area contributed by atoms with Crippen LogP contribution in [0.1, 0.15) is 20.7 Å². The number of carbonyl (C=O) groups is 2. The second-order valence-corrected chi connectivity index (χ2v) is 10.8. The number of ether oxygens (including phenoxy) is 2. The third kappa shape index (κ3) is 5.02. The number of H-pyrrole nitrogens is 1. The average molecular weight is 625 g/mol. The van der Waals surface area contributed by atoms with Gasteiger partial charge in [-0.3, -0.25) is 19.9 Å². The van der Waals surface area contributed by atoms with Crippen LogP contribution in [0, 0.1) is 0 Å². The first-order valence-electron chi connectivity index (χ1n) is 13.9. The monoisotopic (exact) mass is 624 g/mol. The number of imidazole rings is 1. The van der Waals surface area contributed by atoms with Crippen LogP contribution in [0.4, 0.5) is 5.95 Å². The molecule has 0 unspecified atom stereocenters. The number of rotatable bonds is 6. The smallest absolute Gasteiger partial charge is 0.318 e. The second-order valence-electron chi connectivity index (χ2n) is 10.8. The number of hydrogen-bond acceptors (Lipinski definition) is 12. The lowest BCUT2D eigenvalue weighted by atomic mass is 9.87. The Morgan fingerprint density at radius 1 is 0.978 bits per heavy atom. The van der Waals surface area contributed by atoms with Crippen molar-refractivity contribution in [2.75, 3.05) is 18.5 Å². The molecule has 236 valence electrons. The summed E-state index contributed by atoms with van der Waals surface area (Å²) in [7, 11) is 0. The maximum Gasteiger partial charge on any atom is 0.318 e. The lowest BCUT2D eigenvalue weighted by Crippen LogP contribution is -2.74. The summed E-state index contributed by atoms with van der Waals surface area (Å²) in [5, 5.41) is 66.6. The molecule has 1 amide bonds. The van der Waals surface area contributed by atoms with Gasteiger partial charge in [-0.25, -0.2) is 4.79 Å². The largest absolute Gasteiger partial charge is 0.394 e. The first-order valence-corrected chi connectivity index (χ1v) is 13.9. The number of nitrogens with zero attached hydrogens (tertiary/aromatic N) is 3. The van der Waals surface area contributed by atoms with Crippen molar-refractivity contribution in [1.29, 1.82) is 0 Å². The van der Waals surface area contributed by atoms with Crippen molar-refractivity contribution in [3.63, 3.8) is 0 Å². The summed E-state index contributed by atoms with van der Waals surface area (Å²) in [6.07, 6.45) is -11.3. The molecule has 2 aliphatic heterocycles. The van der Waals surface area contributed by atoms with E-state index in [1.807, 2.05) is 0 Å². The van der Waals surface area contributed by atoms with Gasteiger partial charge in [-0.2, -0.15) is 9.13 Å². The number of amides is 1. The van der Waals surface area contributed by atoms with Crippen molar-refractivity contribution in [3.8, 4) is 0 Å². The SMILES string of the molecule is O=C(Nc1nc2c(c(=O)[nH]1)n(C(=O)c1ccccc1)c[n+]2[C@]1([C@@H]2OC[C@@H](O)[C@@H](O)[C@H]2O)O[C@H](CO)[C@@H](O)[C@H]1O)c1ccccc1. The molecule has 8 N–H and O–H groups in total. The predicted octanol–water partition coefficient (Wildman–Crippen LogP) is -2.80. The Morgan fingerprint density at radius 3 is 2.24 bits per heavy atom. The number of carbonyl (C=O) groups excluding carboxylic acids is 2. The number of nitrogens with one attached hydrogen (secondary N) is 2. The molecule has 2 aromatic heterocycles. The highest BCUT2D eigenvalue weighted by Gasteiger charge is 2.67. The fourth-order valence-electron chi connectivity index (χ4n) is 5.74. The van der Waals surface area contributed by atoms with E-state index in [0.717, 1.165) is 15.5 Å². The van der Waals surface area contributed by atoms with Gasteiger partial charge in [0.25, 0.3) is 23.1 Å². The number of aliphatic hydroxyl groups excluding tert-OH is 6. The van der Waals surface area contributed by atoms with E-state index in [9.17, 15) is 45.0 Å². The number of benzene rings is 2. The summed E-state index contributed by atoms with van der Waals surface area (Å²) in [6.45, 7) is -1.36. The molecule has 4 aromatic rings. The van der Waals surface area contributed by atoms with Gasteiger partial charge in [-0.1, -0.05) is 41.4 Å². The Kier molecular flexibility index (Phi) is 8.06. The van der Waals surface area contributed by atoms with E-state index in [1.54, 1.807) is 36.4 Å². The molecule has 0 saturated carbocycles. The quantitative estimate of drug-likeness (QED) is 0.102. The van der Waals surface area contributed by atoms with Crippen LogP contribution in [-0.4, -0.2) is 113 Å². The summed E-state index contributed by atoms with van der Waals surface area (Å²) < 4.78 is 13.6. The van der Waals surface area contributed by atoms with E-state index in [2.05, 4.69) is 15.3 Å². The van der Waals surface area contributed by atoms with E-state index < -0.39 is 79.0 Å². The number of hydrogen-bond donors (Lipinski definition) is 8. The van der Waals surface area contributed by atoms with Gasteiger partial charge in [0.2, 0.25) is 11.8 Å². The zero-order chi connectivity index (χ0) is 32.0. The lowest BCUT2D eigenvalue weighted by molar-refractivity contribution is -0.807. The van der Waals surface area contributed by atoms with Gasteiger partial charge in [0, 0.05) is 5.56 Å². The van der Waals surface area contributed by atoms with Crippen LogP contribution in [0.5, 0.6) is 0 Å². The molecule has 2 aromatic carbocycles. The van der Waals surface area contributed by atoms with Crippen molar-refractivity contribution in [2.24, 2.45) is 0 Å². The molecule has 16 nitrogen and oxygen atoms in total. The molecule has 16 heteroatoms. The fourth-order valence-corrected chi connectivity index (χ4v) is 5.74. The van der Waals surface area contributed by atoms with Crippen LogP contribution in [0.15, 0.2) is 71.8 Å².